The van der Waals surface area contributed by atoms with Crippen molar-refractivity contribution in [1.82, 2.24) is 58.6 Å². The zero-order chi connectivity index (χ0) is 63.4. The van der Waals surface area contributed by atoms with Crippen LogP contribution in [0.25, 0.3) is 33.5 Å². The molecular formula is C46H55N16O23P3. The number of nitro groups is 2. The van der Waals surface area contributed by atoms with E-state index in [9.17, 15) is 68.9 Å². The highest BCUT2D eigenvalue weighted by atomic mass is 31.3. The van der Waals surface area contributed by atoms with Crippen LogP contribution in [-0.4, -0.2) is 170 Å². The number of imidazole rings is 3. The van der Waals surface area contributed by atoms with Crippen molar-refractivity contribution < 1.29 is 96.0 Å². The summed E-state index contributed by atoms with van der Waals surface area (Å²) in [6, 6.07) is 11.7. The van der Waals surface area contributed by atoms with E-state index in [-0.39, 0.29) is 59.1 Å². The molecule has 2 aromatic carbocycles. The number of nitrogens with zero attached hydrogens (tertiary/aromatic N) is 13. The molecule has 0 bridgehead atoms. The molecule has 6 aromatic heterocycles. The van der Waals surface area contributed by atoms with Crippen LogP contribution < -0.4 is 16.2 Å². The first-order chi connectivity index (χ1) is 41.7. The van der Waals surface area contributed by atoms with Crippen LogP contribution in [0.5, 0.6) is 0 Å². The van der Waals surface area contributed by atoms with Crippen molar-refractivity contribution in [2.24, 2.45) is 0 Å². The van der Waals surface area contributed by atoms with Gasteiger partial charge in [0.2, 0.25) is 0 Å². The second-order valence-electron chi connectivity index (χ2n) is 19.6. The fraction of sp³-hybridized carbons (Fsp3) is 0.413. The molecule has 8 aromatic rings. The Bertz CT molecular complexity index is 4020. The lowest BCUT2D eigenvalue weighted by molar-refractivity contribution is -0.385. The van der Waals surface area contributed by atoms with Gasteiger partial charge >= 0.3 is 23.5 Å². The van der Waals surface area contributed by atoms with Gasteiger partial charge < -0.3 is 74.9 Å². The van der Waals surface area contributed by atoms with Gasteiger partial charge in [-0.15, -0.1) is 0 Å². The van der Waals surface area contributed by atoms with Gasteiger partial charge in [0, 0.05) is 31.4 Å². The molecule has 88 heavy (non-hydrogen) atoms. The number of aromatic amines is 1. The van der Waals surface area contributed by atoms with Crippen molar-refractivity contribution in [2.75, 3.05) is 30.5 Å². The summed E-state index contributed by atoms with van der Waals surface area (Å²) < 4.78 is 67.6. The maximum Gasteiger partial charge on any atom is 0.490 e. The summed E-state index contributed by atoms with van der Waals surface area (Å²) in [6.45, 7) is 2.13. The number of hydrogen-bond acceptors (Lipinski definition) is 29. The first-order valence-electron chi connectivity index (χ1n) is 26.0. The number of hydrogen-bond donors (Lipinski definition) is 12. The standard InChI is InChI=1S/C18H23N6O14P3.C18H20N6O5.C10H12N4O4/c1-10(11-4-2-3-5-12(11)24(26)27)22-17-16-18(20-8-19-17)23(9-21-16)15-6-13(25)14(36-15)7-35-40(31,32)38-41(33,34)37-39(28,29)30;1-10(11-4-2-3-5-12(11)24(27)28)22-17-16-18(20-8-19-17)23(9-21-16)15-6-13(26)14(7-25)29-15;15-2-6-5(16)1-7(18-6)14-4-13-8-9(14)11-3-12-10(8)17/h2-5,8-10,13-15,25H,6-7H2,1H3,(H,31,32)(H,33,34)(H,19,20,22)(H2,28,29,30);2-5,8-10,13-15,25-26H,6-7H2,1H3,(H,19,20,22);3-7,15-16H,1-2H2,(H,11,12,17)/t2*10?,13-,14-,15-;5-,6-,7-/m111/s1. The first kappa shape index (κ1) is 64.8. The summed E-state index contributed by atoms with van der Waals surface area (Å²) in [7, 11) is -16.7. The molecule has 39 nitrogen and oxygen atoms in total. The number of nitro benzene ring substituents is 2. The molecule has 42 heteroatoms. The van der Waals surface area contributed by atoms with E-state index in [0.29, 0.717) is 46.6 Å². The topological polar surface area (TPSA) is 550 Å². The summed E-state index contributed by atoms with van der Waals surface area (Å²) in [4.78, 5) is 105. The number of anilines is 2. The van der Waals surface area contributed by atoms with Gasteiger partial charge in [-0.3, -0.25) is 43.2 Å². The van der Waals surface area contributed by atoms with Crippen LogP contribution in [0.4, 0.5) is 23.0 Å². The Hall–Kier alpha value is -7.62. The van der Waals surface area contributed by atoms with Crippen molar-refractivity contribution in [3.05, 3.63) is 128 Å². The molecule has 13 atom stereocenters. The number of aliphatic hydroxyl groups is 5. The van der Waals surface area contributed by atoms with Crippen LogP contribution in [0.2, 0.25) is 0 Å². The maximum absolute atomic E-state index is 12.0. The number of nitrogens with one attached hydrogen (secondary N) is 3. The Morgan fingerprint density at radius 2 is 1.02 bits per heavy atom. The van der Waals surface area contributed by atoms with Gasteiger partial charge in [0.1, 0.15) is 49.7 Å². The monoisotopic (exact) mass is 1290 g/mol. The number of rotatable bonds is 20. The lowest BCUT2D eigenvalue weighted by Crippen LogP contribution is -2.26. The number of ether oxygens (including phenoxy) is 3. The molecule has 0 aliphatic carbocycles. The minimum absolute atomic E-state index is 0.0201. The van der Waals surface area contributed by atoms with E-state index in [1.807, 2.05) is 0 Å². The molecule has 4 unspecified atom stereocenters. The lowest BCUT2D eigenvalue weighted by Gasteiger charge is -2.19. The van der Waals surface area contributed by atoms with E-state index in [1.54, 1.807) is 59.4 Å². The molecule has 3 aliphatic rings. The SMILES string of the molecule is CC(Nc1ncnc2c1ncn2[C@H]1C[C@@H](O)[C@@H](CO)O1)c1ccccc1[N+](=O)[O-].CC(Nc1ncnc2c1ncn2[C@H]1C[C@@H](O)[C@@H](COP(=O)(O)OP(=O)(O)OP(=O)(O)O)O1)c1ccccc1[N+](=O)[O-].O=c1[nH]cnc2c1ncn2[C@H]1C[C@@H](O)[C@@H](CO)O1. The Balaban J connectivity index is 0.000000169. The fourth-order valence-electron chi connectivity index (χ4n) is 9.62. The van der Waals surface area contributed by atoms with Crippen LogP contribution >= 0.6 is 23.5 Å². The maximum atomic E-state index is 12.0. The molecule has 3 aliphatic heterocycles. The van der Waals surface area contributed by atoms with Crippen molar-refractivity contribution in [1.29, 1.82) is 0 Å². The van der Waals surface area contributed by atoms with Gasteiger partial charge in [-0.05, 0) is 13.8 Å². The predicted molar refractivity (Wildman–Crippen MR) is 297 cm³/mol. The number of fused-ring (bicyclic) bond motifs is 3. The molecule has 12 N–H and O–H groups in total. The normalized spacial score (nSPS) is 24.0. The van der Waals surface area contributed by atoms with Gasteiger partial charge in [0.05, 0.1) is 96.5 Å². The molecule has 0 radical (unpaired) electrons. The second kappa shape index (κ2) is 27.0. The fourth-order valence-corrected chi connectivity index (χ4v) is 12.7. The van der Waals surface area contributed by atoms with E-state index < -0.39 is 107 Å². The number of benzene rings is 2. The van der Waals surface area contributed by atoms with Crippen LogP contribution in [0, 0.1) is 20.2 Å². The predicted octanol–water partition coefficient (Wildman–Crippen LogP) is 2.21. The van der Waals surface area contributed by atoms with Crippen LogP contribution in [0.1, 0.15) is 75.0 Å². The summed E-state index contributed by atoms with van der Waals surface area (Å²) in [5.74, 6) is 0.679. The Morgan fingerprint density at radius 1 is 0.614 bits per heavy atom. The van der Waals surface area contributed by atoms with Crippen LogP contribution in [0.15, 0.2) is 91.3 Å². The summed E-state index contributed by atoms with van der Waals surface area (Å²) in [5.41, 5.74) is 2.66. The Labute approximate surface area is 492 Å². The Kier molecular flexibility index (Phi) is 19.9. The quantitative estimate of drug-likeness (QED) is 0.0296. The molecular weight excluding hydrogens is 1240 g/mol. The molecule has 0 saturated carbocycles. The van der Waals surface area contributed by atoms with Gasteiger partial charge in [-0.1, -0.05) is 36.4 Å². The third kappa shape index (κ3) is 14.9. The van der Waals surface area contributed by atoms with Gasteiger partial charge in [-0.25, -0.2) is 53.6 Å². The van der Waals surface area contributed by atoms with E-state index in [1.165, 1.54) is 54.7 Å². The molecule has 3 fully saturated rings. The average Bonchev–Trinajstić information content (AvgIpc) is 1.89. The van der Waals surface area contributed by atoms with Crippen molar-refractivity contribution in [2.45, 2.75) is 101 Å². The van der Waals surface area contributed by atoms with Crippen molar-refractivity contribution >= 4 is 80.0 Å². The number of aromatic nitrogens is 12. The van der Waals surface area contributed by atoms with E-state index in [4.69, 9.17) is 29.1 Å². The lowest BCUT2D eigenvalue weighted by atomic mass is 10.1. The van der Waals surface area contributed by atoms with Gasteiger partial charge in [-0.2, -0.15) is 8.62 Å². The molecule has 11 rings (SSSR count). The van der Waals surface area contributed by atoms with Crippen molar-refractivity contribution in [3.63, 3.8) is 0 Å². The third-order valence-corrected chi connectivity index (χ3v) is 17.5. The molecule has 9 heterocycles. The molecule has 0 amide bonds. The minimum Gasteiger partial charge on any atom is -0.394 e. The number of phosphoric ester groups is 1. The highest BCUT2D eigenvalue weighted by Gasteiger charge is 2.44. The number of aliphatic hydroxyl groups excluding tert-OH is 5. The zero-order valence-electron chi connectivity index (χ0n) is 45.6. The highest BCUT2D eigenvalue weighted by molar-refractivity contribution is 7.66. The summed E-state index contributed by atoms with van der Waals surface area (Å²) in [6.07, 6.45) is 1.52. The number of H-pyrrole nitrogens is 1. The number of phosphoric acid groups is 3. The average molecular weight is 1290 g/mol. The Morgan fingerprint density at radius 3 is 1.44 bits per heavy atom. The van der Waals surface area contributed by atoms with Crippen LogP contribution in [-0.2, 0) is 41.1 Å². The van der Waals surface area contributed by atoms with E-state index in [0.717, 1.165) is 0 Å². The van der Waals surface area contributed by atoms with E-state index in [2.05, 4.69) is 68.6 Å². The van der Waals surface area contributed by atoms with Gasteiger partial charge in [0.25, 0.3) is 16.9 Å². The second-order valence-corrected chi connectivity index (χ2v) is 24.0. The smallest absolute Gasteiger partial charge is 0.394 e. The molecule has 0 spiro atoms. The van der Waals surface area contributed by atoms with Gasteiger partial charge in [0.15, 0.2) is 45.1 Å². The number of para-hydroxylation sites is 2. The largest absolute Gasteiger partial charge is 0.490 e. The highest BCUT2D eigenvalue weighted by Crippen LogP contribution is 2.66. The van der Waals surface area contributed by atoms with Crippen molar-refractivity contribution in [3.8, 4) is 0 Å². The third-order valence-electron chi connectivity index (χ3n) is 13.7. The van der Waals surface area contributed by atoms with E-state index >= 15 is 0 Å². The zero-order valence-corrected chi connectivity index (χ0v) is 48.3. The summed E-state index contributed by atoms with van der Waals surface area (Å²) in [5, 5.41) is 77.3. The van der Waals surface area contributed by atoms with Crippen LogP contribution in [0.3, 0.4) is 0 Å². The molecule has 3 saturated heterocycles. The molecule has 472 valence electrons. The summed E-state index contributed by atoms with van der Waals surface area (Å²) >= 11 is 0. The minimum atomic E-state index is -5.70. The first-order valence-corrected chi connectivity index (χ1v) is 30.5.